The van der Waals surface area contributed by atoms with E-state index in [0.717, 1.165) is 32.6 Å². The van der Waals surface area contributed by atoms with Crippen molar-refractivity contribution in [3.8, 4) is 0 Å². The number of carbonyl (C=O) groups is 2. The minimum absolute atomic E-state index is 0.143. The van der Waals surface area contributed by atoms with Gasteiger partial charge in [-0.15, -0.1) is 0 Å². The maximum atomic E-state index is 12.4. The minimum atomic E-state index is -5.08. The van der Waals surface area contributed by atoms with E-state index in [4.69, 9.17) is 9.90 Å². The van der Waals surface area contributed by atoms with E-state index in [1.807, 2.05) is 19.0 Å². The normalized spacial score (nSPS) is 24.3. The number of hydrogen-bond donors (Lipinski definition) is 1. The highest BCUT2D eigenvalue weighted by molar-refractivity contribution is 5.74. The maximum Gasteiger partial charge on any atom is 0.490 e. The number of hydrogen-bond acceptors (Lipinski definition) is 3. The van der Waals surface area contributed by atoms with Gasteiger partial charge in [-0.25, -0.2) is 9.59 Å². The lowest BCUT2D eigenvalue weighted by molar-refractivity contribution is -0.192. The van der Waals surface area contributed by atoms with Crippen molar-refractivity contribution < 1.29 is 27.9 Å². The number of carboxylic acid groups (broad SMARTS) is 1. The Morgan fingerprint density at radius 1 is 1.17 bits per heavy atom. The highest BCUT2D eigenvalue weighted by atomic mass is 19.4. The summed E-state index contributed by atoms with van der Waals surface area (Å²) in [5.41, 5.74) is 1.67. The third-order valence-electron chi connectivity index (χ3n) is 5.80. The van der Waals surface area contributed by atoms with Crippen molar-refractivity contribution in [3.05, 3.63) is 35.9 Å². The van der Waals surface area contributed by atoms with Crippen LogP contribution in [0, 0.1) is 0 Å². The van der Waals surface area contributed by atoms with Gasteiger partial charge in [-0.05, 0) is 31.5 Å². The Bertz CT molecular complexity index is 712. The molecular formula is C20H28F3N3O3. The van der Waals surface area contributed by atoms with E-state index in [2.05, 4.69) is 42.2 Å². The van der Waals surface area contributed by atoms with Crippen molar-refractivity contribution in [2.45, 2.75) is 37.4 Å². The predicted molar refractivity (Wildman–Crippen MR) is 103 cm³/mol. The van der Waals surface area contributed by atoms with Crippen LogP contribution in [0.25, 0.3) is 0 Å². The summed E-state index contributed by atoms with van der Waals surface area (Å²) in [6.45, 7) is 6.14. The zero-order valence-electron chi connectivity index (χ0n) is 16.9. The molecule has 0 radical (unpaired) electrons. The second-order valence-electron chi connectivity index (χ2n) is 7.59. The quantitative estimate of drug-likeness (QED) is 0.807. The average Bonchev–Trinajstić information content (AvgIpc) is 3.06. The number of rotatable bonds is 2. The third-order valence-corrected chi connectivity index (χ3v) is 5.80. The van der Waals surface area contributed by atoms with Crippen molar-refractivity contribution in [2.75, 3.05) is 40.3 Å². The van der Waals surface area contributed by atoms with Crippen LogP contribution in [0.4, 0.5) is 18.0 Å². The second-order valence-corrected chi connectivity index (χ2v) is 7.59. The van der Waals surface area contributed by atoms with E-state index in [9.17, 15) is 18.0 Å². The van der Waals surface area contributed by atoms with E-state index in [1.165, 1.54) is 12.0 Å². The molecule has 162 valence electrons. The fourth-order valence-electron chi connectivity index (χ4n) is 4.32. The molecule has 29 heavy (non-hydrogen) atoms. The summed E-state index contributed by atoms with van der Waals surface area (Å²) < 4.78 is 31.7. The fraction of sp³-hybridized carbons (Fsp3) is 0.600. The van der Waals surface area contributed by atoms with Crippen LogP contribution in [-0.4, -0.2) is 84.3 Å². The molecule has 2 heterocycles. The predicted octanol–water partition coefficient (Wildman–Crippen LogP) is 3.04. The van der Waals surface area contributed by atoms with Gasteiger partial charge >= 0.3 is 18.2 Å². The van der Waals surface area contributed by atoms with E-state index in [-0.39, 0.29) is 11.4 Å². The molecule has 2 aliphatic rings. The van der Waals surface area contributed by atoms with Crippen LogP contribution in [0.3, 0.4) is 0 Å². The number of piperidine rings is 1. The number of nitrogens with zero attached hydrogens (tertiary/aromatic N) is 3. The largest absolute Gasteiger partial charge is 0.490 e. The molecule has 1 aromatic rings. The van der Waals surface area contributed by atoms with Gasteiger partial charge in [-0.1, -0.05) is 37.3 Å². The third kappa shape index (κ3) is 5.01. The molecule has 2 saturated heterocycles. The molecule has 1 aromatic carbocycles. The number of amides is 2. The van der Waals surface area contributed by atoms with Gasteiger partial charge < -0.3 is 14.9 Å². The molecule has 2 amide bonds. The number of carboxylic acids is 1. The van der Waals surface area contributed by atoms with Crippen LogP contribution in [0.15, 0.2) is 30.3 Å². The monoisotopic (exact) mass is 415 g/mol. The summed E-state index contributed by atoms with van der Waals surface area (Å²) in [6.07, 6.45) is -2.81. The van der Waals surface area contributed by atoms with Crippen LogP contribution in [0.5, 0.6) is 0 Å². The Hall–Kier alpha value is -2.29. The lowest BCUT2D eigenvalue weighted by atomic mass is 9.69. The van der Waals surface area contributed by atoms with Gasteiger partial charge in [0.15, 0.2) is 0 Å². The number of alkyl halides is 3. The van der Waals surface area contributed by atoms with Gasteiger partial charge in [0.2, 0.25) is 0 Å². The number of urea groups is 1. The molecule has 0 aliphatic carbocycles. The Labute approximate surface area is 168 Å². The Balaban J connectivity index is 0.000000370. The second kappa shape index (κ2) is 9.02. The molecule has 2 atom stereocenters. The molecule has 0 aromatic heterocycles. The smallest absolute Gasteiger partial charge is 0.475 e. The SMILES string of the molecule is CCN1CCC2(c3ccccc3)CCN(C(=O)N(C)C)CC12.O=C(O)C(F)(F)F. The summed E-state index contributed by atoms with van der Waals surface area (Å²) in [5, 5.41) is 7.12. The summed E-state index contributed by atoms with van der Waals surface area (Å²) in [5.74, 6) is -2.76. The minimum Gasteiger partial charge on any atom is -0.475 e. The molecule has 6 nitrogen and oxygen atoms in total. The first-order chi connectivity index (χ1) is 13.5. The molecule has 1 N–H and O–H groups in total. The molecule has 0 saturated carbocycles. The van der Waals surface area contributed by atoms with E-state index in [0.29, 0.717) is 6.04 Å². The van der Waals surface area contributed by atoms with E-state index >= 15 is 0 Å². The summed E-state index contributed by atoms with van der Waals surface area (Å²) in [7, 11) is 3.68. The first-order valence-corrected chi connectivity index (χ1v) is 9.59. The standard InChI is InChI=1S/C18H27N3O.C2HF3O2/c1-4-20-12-10-18(15-8-6-5-7-9-15)11-13-21(14-16(18)20)17(22)19(2)3;3-2(4,5)1(6)7/h5-9,16H,4,10-14H2,1-3H3;(H,6,7). The number of halogens is 3. The number of benzene rings is 1. The van der Waals surface area contributed by atoms with Crippen molar-refractivity contribution in [3.63, 3.8) is 0 Å². The molecule has 2 aliphatic heterocycles. The molecule has 9 heteroatoms. The Morgan fingerprint density at radius 3 is 2.21 bits per heavy atom. The van der Waals surface area contributed by atoms with Crippen LogP contribution in [-0.2, 0) is 10.2 Å². The van der Waals surface area contributed by atoms with Crippen molar-refractivity contribution in [1.29, 1.82) is 0 Å². The summed E-state index contributed by atoms with van der Waals surface area (Å²) >= 11 is 0. The maximum absolute atomic E-state index is 12.4. The number of fused-ring (bicyclic) bond motifs is 1. The lowest BCUT2D eigenvalue weighted by Crippen LogP contribution is -2.58. The number of likely N-dealkylation sites (tertiary alicyclic amines) is 2. The highest BCUT2D eigenvalue weighted by Gasteiger charge is 2.51. The fourth-order valence-corrected chi connectivity index (χ4v) is 4.32. The van der Waals surface area contributed by atoms with Gasteiger partial charge in [0.1, 0.15) is 0 Å². The first kappa shape index (κ1) is 23.0. The van der Waals surface area contributed by atoms with Crippen LogP contribution >= 0.6 is 0 Å². The van der Waals surface area contributed by atoms with Crippen LogP contribution < -0.4 is 0 Å². The van der Waals surface area contributed by atoms with Gasteiger partial charge in [-0.2, -0.15) is 13.2 Å². The van der Waals surface area contributed by atoms with Gasteiger partial charge in [0.25, 0.3) is 0 Å². The van der Waals surface area contributed by atoms with Gasteiger partial charge in [0.05, 0.1) is 0 Å². The zero-order chi connectivity index (χ0) is 21.8. The first-order valence-electron chi connectivity index (χ1n) is 9.59. The van der Waals surface area contributed by atoms with Crippen molar-refractivity contribution in [2.24, 2.45) is 0 Å². The molecular weight excluding hydrogens is 387 g/mol. The molecule has 0 bridgehead atoms. The zero-order valence-corrected chi connectivity index (χ0v) is 16.9. The topological polar surface area (TPSA) is 64.1 Å². The lowest BCUT2D eigenvalue weighted by Gasteiger charge is -2.47. The van der Waals surface area contributed by atoms with E-state index in [1.54, 1.807) is 4.90 Å². The molecule has 3 rings (SSSR count). The number of aliphatic carboxylic acids is 1. The van der Waals surface area contributed by atoms with Crippen molar-refractivity contribution >= 4 is 12.0 Å². The molecule has 0 spiro atoms. The highest BCUT2D eigenvalue weighted by Crippen LogP contribution is 2.45. The number of carbonyl (C=O) groups excluding carboxylic acids is 1. The summed E-state index contributed by atoms with van der Waals surface area (Å²) in [4.78, 5) is 27.5. The molecule has 2 fully saturated rings. The van der Waals surface area contributed by atoms with Crippen LogP contribution in [0.2, 0.25) is 0 Å². The van der Waals surface area contributed by atoms with Crippen LogP contribution in [0.1, 0.15) is 25.3 Å². The van der Waals surface area contributed by atoms with Gasteiger partial charge in [0, 0.05) is 38.6 Å². The van der Waals surface area contributed by atoms with Gasteiger partial charge in [-0.3, -0.25) is 4.90 Å². The van der Waals surface area contributed by atoms with E-state index < -0.39 is 12.1 Å². The summed E-state index contributed by atoms with van der Waals surface area (Å²) in [6, 6.07) is 11.5. The van der Waals surface area contributed by atoms with Crippen molar-refractivity contribution in [1.82, 2.24) is 14.7 Å². The Morgan fingerprint density at radius 2 is 1.72 bits per heavy atom. The molecule has 2 unspecified atom stereocenters. The number of likely N-dealkylation sites (N-methyl/N-ethyl adjacent to an activating group) is 1. The Kier molecular flexibility index (Phi) is 7.15. The average molecular weight is 415 g/mol.